The van der Waals surface area contributed by atoms with Crippen LogP contribution in [0.1, 0.15) is 63.5 Å². The summed E-state index contributed by atoms with van der Waals surface area (Å²) >= 11 is 6.08. The first-order valence-electron chi connectivity index (χ1n) is 11.2. The number of benzene rings is 2. The summed E-state index contributed by atoms with van der Waals surface area (Å²) in [7, 11) is 0. The molecule has 2 atom stereocenters. The lowest BCUT2D eigenvalue weighted by molar-refractivity contribution is -0.118. The van der Waals surface area contributed by atoms with Gasteiger partial charge in [0.1, 0.15) is 18.2 Å². The summed E-state index contributed by atoms with van der Waals surface area (Å²) in [4.78, 5) is 0. The van der Waals surface area contributed by atoms with Crippen LogP contribution in [-0.2, 0) is 13.2 Å². The molecule has 6 rings (SSSR count). The molecule has 2 aromatic rings. The van der Waals surface area contributed by atoms with Crippen LogP contribution in [0.3, 0.4) is 0 Å². The van der Waals surface area contributed by atoms with E-state index in [1.807, 2.05) is 12.1 Å². The van der Waals surface area contributed by atoms with E-state index in [0.717, 1.165) is 18.2 Å². The zero-order chi connectivity index (χ0) is 21.0. The van der Waals surface area contributed by atoms with Gasteiger partial charge >= 0.3 is 0 Å². The third-order valence-electron chi connectivity index (χ3n) is 7.66. The van der Waals surface area contributed by atoms with Crippen LogP contribution in [0.2, 0.25) is 5.02 Å². The van der Waals surface area contributed by atoms with Crippen molar-refractivity contribution in [2.45, 2.75) is 71.1 Å². The van der Waals surface area contributed by atoms with Gasteiger partial charge in [-0.2, -0.15) is 0 Å². The minimum Gasteiger partial charge on any atom is -0.489 e. The van der Waals surface area contributed by atoms with Gasteiger partial charge in [-0.05, 0) is 85.1 Å². The van der Waals surface area contributed by atoms with Gasteiger partial charge in [-0.1, -0.05) is 43.6 Å². The van der Waals surface area contributed by atoms with E-state index in [1.54, 1.807) is 12.1 Å². The van der Waals surface area contributed by atoms with Gasteiger partial charge < -0.3 is 10.1 Å². The minimum atomic E-state index is -0.332. The second-order valence-corrected chi connectivity index (χ2v) is 11.3. The van der Waals surface area contributed by atoms with Crippen molar-refractivity contribution in [2.75, 3.05) is 0 Å². The lowest BCUT2D eigenvalue weighted by Crippen LogP contribution is -2.63. The lowest BCUT2D eigenvalue weighted by Gasteiger charge is -2.65. The van der Waals surface area contributed by atoms with Crippen molar-refractivity contribution in [3.63, 3.8) is 0 Å². The highest BCUT2D eigenvalue weighted by atomic mass is 35.5. The molecule has 2 unspecified atom stereocenters. The topological polar surface area (TPSA) is 21.3 Å². The molecule has 0 radical (unpaired) electrons. The Morgan fingerprint density at radius 2 is 1.70 bits per heavy atom. The van der Waals surface area contributed by atoms with E-state index in [1.165, 1.54) is 50.2 Å². The fourth-order valence-electron chi connectivity index (χ4n) is 7.46. The van der Waals surface area contributed by atoms with Gasteiger partial charge in [0.05, 0.1) is 5.02 Å². The van der Waals surface area contributed by atoms with Crippen molar-refractivity contribution in [1.29, 1.82) is 0 Å². The molecule has 0 heterocycles. The van der Waals surface area contributed by atoms with Crippen LogP contribution < -0.4 is 10.1 Å². The number of hydrogen-bond acceptors (Lipinski definition) is 2. The molecular formula is C26H31ClFNO. The first-order valence-corrected chi connectivity index (χ1v) is 11.5. The van der Waals surface area contributed by atoms with E-state index in [4.69, 9.17) is 16.3 Å². The number of rotatable bonds is 6. The minimum absolute atomic E-state index is 0.130. The number of ether oxygens (including phenoxy) is 1. The summed E-state index contributed by atoms with van der Waals surface area (Å²) in [5.74, 6) is 1.29. The van der Waals surface area contributed by atoms with Gasteiger partial charge in [-0.25, -0.2) is 4.39 Å². The van der Waals surface area contributed by atoms with E-state index in [-0.39, 0.29) is 12.4 Å². The summed E-state index contributed by atoms with van der Waals surface area (Å²) in [5.41, 5.74) is 3.00. The van der Waals surface area contributed by atoms with Gasteiger partial charge in [-0.3, -0.25) is 0 Å². The van der Waals surface area contributed by atoms with Crippen molar-refractivity contribution in [1.82, 2.24) is 5.32 Å². The molecular weight excluding hydrogens is 397 g/mol. The zero-order valence-electron chi connectivity index (χ0n) is 17.9. The van der Waals surface area contributed by atoms with E-state index >= 15 is 0 Å². The van der Waals surface area contributed by atoms with Crippen molar-refractivity contribution in [2.24, 2.45) is 16.7 Å². The molecule has 1 N–H and O–H groups in total. The Morgan fingerprint density at radius 1 is 1.00 bits per heavy atom. The van der Waals surface area contributed by atoms with Crippen molar-refractivity contribution in [3.8, 4) is 5.75 Å². The van der Waals surface area contributed by atoms with Crippen LogP contribution in [0.15, 0.2) is 42.5 Å². The number of hydrogen-bond donors (Lipinski definition) is 1. The molecule has 4 aliphatic carbocycles. The molecule has 0 amide bonds. The van der Waals surface area contributed by atoms with Crippen LogP contribution in [0.5, 0.6) is 5.75 Å². The summed E-state index contributed by atoms with van der Waals surface area (Å²) in [6.45, 7) is 6.04. The first-order chi connectivity index (χ1) is 14.3. The maximum Gasteiger partial charge on any atom is 0.131 e. The number of halogens is 2. The Morgan fingerprint density at radius 3 is 2.33 bits per heavy atom. The van der Waals surface area contributed by atoms with Crippen LogP contribution >= 0.6 is 11.6 Å². The molecule has 4 heteroatoms. The molecule has 4 aliphatic rings. The van der Waals surface area contributed by atoms with Crippen LogP contribution in [-0.4, -0.2) is 5.54 Å². The highest BCUT2D eigenvalue weighted by molar-refractivity contribution is 6.31. The first kappa shape index (κ1) is 20.3. The Balaban J connectivity index is 1.21. The highest BCUT2D eigenvalue weighted by Gasteiger charge is 2.59. The fraction of sp³-hybridized carbons (Fsp3) is 0.538. The zero-order valence-corrected chi connectivity index (χ0v) is 18.7. The largest absolute Gasteiger partial charge is 0.489 e. The molecule has 4 fully saturated rings. The normalized spacial score (nSPS) is 34.3. The molecule has 0 aliphatic heterocycles. The fourth-order valence-corrected chi connectivity index (χ4v) is 7.68. The Bertz CT molecular complexity index is 904. The molecule has 30 heavy (non-hydrogen) atoms. The van der Waals surface area contributed by atoms with Gasteiger partial charge in [0, 0.05) is 17.6 Å². The number of nitrogens with one attached hydrogen (secondary N) is 1. The van der Waals surface area contributed by atoms with Crippen molar-refractivity contribution < 1.29 is 9.13 Å². The molecule has 0 spiro atoms. The maximum atomic E-state index is 13.9. The summed E-state index contributed by atoms with van der Waals surface area (Å²) in [5, 5.41) is 4.38. The SMILES string of the molecule is CC12CC3CC(C)(C1)CC(NCc1ccc(OCc4c(F)cccc4Cl)cc1)(C3)C2. The molecule has 2 nitrogen and oxygen atoms in total. The van der Waals surface area contributed by atoms with E-state index in [0.29, 0.717) is 27.0 Å². The van der Waals surface area contributed by atoms with Crippen molar-refractivity contribution in [3.05, 3.63) is 64.4 Å². The monoisotopic (exact) mass is 427 g/mol. The molecule has 2 aromatic carbocycles. The second-order valence-electron chi connectivity index (χ2n) is 10.9. The molecule has 4 bridgehead atoms. The predicted molar refractivity (Wildman–Crippen MR) is 119 cm³/mol. The quantitative estimate of drug-likeness (QED) is 0.541. The molecule has 160 valence electrons. The molecule has 0 saturated heterocycles. The van der Waals surface area contributed by atoms with Gasteiger partial charge in [0.15, 0.2) is 0 Å². The third kappa shape index (κ3) is 3.87. The van der Waals surface area contributed by atoms with Crippen LogP contribution in [0, 0.1) is 22.6 Å². The van der Waals surface area contributed by atoms with Gasteiger partial charge in [-0.15, -0.1) is 0 Å². The predicted octanol–water partition coefficient (Wildman–Crippen LogP) is 6.90. The van der Waals surface area contributed by atoms with E-state index < -0.39 is 0 Å². The summed E-state index contributed by atoms with van der Waals surface area (Å²) in [6.07, 6.45) is 8.21. The third-order valence-corrected chi connectivity index (χ3v) is 8.02. The Hall–Kier alpha value is -1.58. The van der Waals surface area contributed by atoms with Gasteiger partial charge in [0.25, 0.3) is 0 Å². The average molecular weight is 428 g/mol. The van der Waals surface area contributed by atoms with E-state index in [9.17, 15) is 4.39 Å². The van der Waals surface area contributed by atoms with E-state index in [2.05, 4.69) is 31.3 Å². The van der Waals surface area contributed by atoms with Gasteiger partial charge in [0.2, 0.25) is 0 Å². The summed E-state index contributed by atoms with van der Waals surface area (Å²) < 4.78 is 19.7. The standard InChI is InChI=1S/C26H31ClFNO/c1-24-10-19-11-25(2,15-24)17-26(12-19,16-24)29-13-18-6-8-20(9-7-18)30-14-21-22(27)4-3-5-23(21)28/h3-9,19,29H,10-17H2,1-2H3. The molecule has 0 aromatic heterocycles. The highest BCUT2D eigenvalue weighted by Crippen LogP contribution is 2.66. The van der Waals surface area contributed by atoms with Crippen LogP contribution in [0.4, 0.5) is 4.39 Å². The lowest BCUT2D eigenvalue weighted by atomic mass is 9.43. The summed E-state index contributed by atoms with van der Waals surface area (Å²) in [6, 6.07) is 12.8. The average Bonchev–Trinajstić information content (AvgIpc) is 2.64. The molecule has 4 saturated carbocycles. The maximum absolute atomic E-state index is 13.9. The van der Waals surface area contributed by atoms with Crippen LogP contribution in [0.25, 0.3) is 0 Å². The smallest absolute Gasteiger partial charge is 0.131 e. The van der Waals surface area contributed by atoms with Crippen molar-refractivity contribution >= 4 is 11.6 Å². The Labute approximate surface area is 184 Å². The Kier molecular flexibility index (Phi) is 4.91. The second kappa shape index (κ2) is 7.24.